The Balaban J connectivity index is 2.38. The fraction of sp³-hybridized carbons (Fsp3) is 0.250. The van der Waals surface area contributed by atoms with Gasteiger partial charge in [0.25, 0.3) is 0 Å². The molecule has 1 heteroatoms. The van der Waals surface area contributed by atoms with Crippen LogP contribution in [-0.2, 0) is 0 Å². The third-order valence-electron chi connectivity index (χ3n) is 2.93. The Hall–Kier alpha value is -1.60. The monoisotopic (exact) mass is 226 g/mol. The molecule has 17 heavy (non-hydrogen) atoms. The number of rotatable bonds is 3. The molecule has 0 heterocycles. The van der Waals surface area contributed by atoms with Crippen LogP contribution in [0.15, 0.2) is 54.1 Å². The number of fused-ring (bicyclic) bond motifs is 1. The van der Waals surface area contributed by atoms with Gasteiger partial charge < -0.3 is 5.11 Å². The first-order valence-corrected chi connectivity index (χ1v) is 5.97. The fourth-order valence-corrected chi connectivity index (χ4v) is 2.02. The zero-order valence-corrected chi connectivity index (χ0v) is 10.4. The molecule has 2 aromatic carbocycles. The first-order chi connectivity index (χ1) is 8.18. The van der Waals surface area contributed by atoms with Gasteiger partial charge in [0.05, 0.1) is 6.10 Å². The van der Waals surface area contributed by atoms with Gasteiger partial charge in [0, 0.05) is 0 Å². The van der Waals surface area contributed by atoms with Gasteiger partial charge in [-0.05, 0) is 36.6 Å². The largest absolute Gasteiger partial charge is 0.388 e. The Labute approximate surface area is 102 Å². The first kappa shape index (κ1) is 11.9. The topological polar surface area (TPSA) is 20.2 Å². The van der Waals surface area contributed by atoms with E-state index in [1.54, 1.807) is 0 Å². The van der Waals surface area contributed by atoms with Crippen LogP contribution in [0, 0.1) is 0 Å². The quantitative estimate of drug-likeness (QED) is 0.776. The number of aliphatic hydroxyl groups is 1. The van der Waals surface area contributed by atoms with Gasteiger partial charge in [-0.15, -0.1) is 0 Å². The minimum Gasteiger partial charge on any atom is -0.388 e. The van der Waals surface area contributed by atoms with Crippen molar-refractivity contribution in [3.8, 4) is 0 Å². The van der Waals surface area contributed by atoms with Crippen LogP contribution < -0.4 is 0 Å². The normalized spacial score (nSPS) is 12.4. The van der Waals surface area contributed by atoms with E-state index >= 15 is 0 Å². The van der Waals surface area contributed by atoms with E-state index in [0.717, 1.165) is 10.9 Å². The minimum atomic E-state index is -0.420. The van der Waals surface area contributed by atoms with Gasteiger partial charge in [-0.2, -0.15) is 0 Å². The minimum absolute atomic E-state index is 0.420. The average Bonchev–Trinajstić information content (AvgIpc) is 2.35. The zero-order chi connectivity index (χ0) is 12.3. The van der Waals surface area contributed by atoms with E-state index in [4.69, 9.17) is 0 Å². The van der Waals surface area contributed by atoms with Crippen molar-refractivity contribution in [2.24, 2.45) is 0 Å². The Bertz CT molecular complexity index is 531. The van der Waals surface area contributed by atoms with Gasteiger partial charge in [-0.1, -0.05) is 54.1 Å². The SMILES string of the molecule is CC(C)=CC[C@@H](O)c1cccc2ccccc12. The number of hydrogen-bond donors (Lipinski definition) is 1. The number of allylic oxidation sites excluding steroid dienone is 1. The lowest BCUT2D eigenvalue weighted by Crippen LogP contribution is -1.97. The molecular formula is C16H18O. The second-order valence-electron chi connectivity index (χ2n) is 4.60. The Morgan fingerprint density at radius 3 is 2.59 bits per heavy atom. The predicted octanol–water partition coefficient (Wildman–Crippen LogP) is 4.23. The average molecular weight is 226 g/mol. The number of benzene rings is 2. The van der Waals surface area contributed by atoms with Gasteiger partial charge in [-0.25, -0.2) is 0 Å². The smallest absolute Gasteiger partial charge is 0.0830 e. The summed E-state index contributed by atoms with van der Waals surface area (Å²) in [6.45, 7) is 4.10. The van der Waals surface area contributed by atoms with E-state index in [0.29, 0.717) is 6.42 Å². The number of aliphatic hydroxyl groups excluding tert-OH is 1. The molecule has 0 aliphatic carbocycles. The van der Waals surface area contributed by atoms with Crippen molar-refractivity contribution < 1.29 is 5.11 Å². The van der Waals surface area contributed by atoms with Crippen LogP contribution in [0.3, 0.4) is 0 Å². The molecular weight excluding hydrogens is 208 g/mol. The standard InChI is InChI=1S/C16H18O/c1-12(2)10-11-16(17)15-9-5-7-13-6-3-4-8-14(13)15/h3-10,16-17H,11H2,1-2H3/t16-/m1/s1. The lowest BCUT2D eigenvalue weighted by molar-refractivity contribution is 0.183. The van der Waals surface area contributed by atoms with Gasteiger partial charge in [0.1, 0.15) is 0 Å². The molecule has 0 aliphatic heterocycles. The van der Waals surface area contributed by atoms with Crippen molar-refractivity contribution in [2.75, 3.05) is 0 Å². The van der Waals surface area contributed by atoms with Crippen molar-refractivity contribution in [1.29, 1.82) is 0 Å². The maximum Gasteiger partial charge on any atom is 0.0830 e. The van der Waals surface area contributed by atoms with Crippen LogP contribution in [0.5, 0.6) is 0 Å². The Kier molecular flexibility index (Phi) is 3.60. The molecule has 2 rings (SSSR count). The lowest BCUT2D eigenvalue weighted by atomic mass is 9.98. The van der Waals surface area contributed by atoms with Gasteiger partial charge >= 0.3 is 0 Å². The molecule has 0 aliphatic rings. The summed E-state index contributed by atoms with van der Waals surface area (Å²) in [6.07, 6.45) is 2.33. The summed E-state index contributed by atoms with van der Waals surface area (Å²) in [5.41, 5.74) is 2.25. The lowest BCUT2D eigenvalue weighted by Gasteiger charge is -2.12. The van der Waals surface area contributed by atoms with E-state index < -0.39 is 6.10 Å². The highest BCUT2D eigenvalue weighted by Gasteiger charge is 2.09. The molecule has 1 nitrogen and oxygen atoms in total. The Morgan fingerprint density at radius 2 is 1.82 bits per heavy atom. The van der Waals surface area contributed by atoms with Crippen LogP contribution in [-0.4, -0.2) is 5.11 Å². The summed E-state index contributed by atoms with van der Waals surface area (Å²) in [5.74, 6) is 0. The second-order valence-corrected chi connectivity index (χ2v) is 4.60. The highest BCUT2D eigenvalue weighted by molar-refractivity contribution is 5.85. The van der Waals surface area contributed by atoms with Crippen molar-refractivity contribution in [3.63, 3.8) is 0 Å². The second kappa shape index (κ2) is 5.15. The van der Waals surface area contributed by atoms with Crippen molar-refractivity contribution in [2.45, 2.75) is 26.4 Å². The Morgan fingerprint density at radius 1 is 1.12 bits per heavy atom. The summed E-state index contributed by atoms with van der Waals surface area (Å²) in [4.78, 5) is 0. The molecule has 0 spiro atoms. The molecule has 1 atom stereocenters. The molecule has 0 bridgehead atoms. The van der Waals surface area contributed by atoms with Gasteiger partial charge in [0.2, 0.25) is 0 Å². The maximum atomic E-state index is 10.2. The maximum absolute atomic E-state index is 10.2. The van der Waals surface area contributed by atoms with Crippen LogP contribution in [0.1, 0.15) is 31.9 Å². The van der Waals surface area contributed by atoms with Crippen LogP contribution in [0.4, 0.5) is 0 Å². The van der Waals surface area contributed by atoms with Crippen molar-refractivity contribution >= 4 is 10.8 Å². The van der Waals surface area contributed by atoms with E-state index in [9.17, 15) is 5.11 Å². The summed E-state index contributed by atoms with van der Waals surface area (Å²) >= 11 is 0. The highest BCUT2D eigenvalue weighted by atomic mass is 16.3. The zero-order valence-electron chi connectivity index (χ0n) is 10.4. The van der Waals surface area contributed by atoms with Crippen LogP contribution in [0.2, 0.25) is 0 Å². The van der Waals surface area contributed by atoms with Crippen molar-refractivity contribution in [1.82, 2.24) is 0 Å². The molecule has 0 saturated carbocycles. The molecule has 0 radical (unpaired) electrons. The van der Waals surface area contributed by atoms with E-state index in [2.05, 4.69) is 38.1 Å². The number of hydrogen-bond acceptors (Lipinski definition) is 1. The van der Waals surface area contributed by atoms with E-state index in [1.165, 1.54) is 11.0 Å². The fourth-order valence-electron chi connectivity index (χ4n) is 2.02. The summed E-state index contributed by atoms with van der Waals surface area (Å²) < 4.78 is 0. The van der Waals surface area contributed by atoms with E-state index in [1.807, 2.05) is 24.3 Å². The molecule has 0 unspecified atom stereocenters. The molecule has 2 aromatic rings. The van der Waals surface area contributed by atoms with Gasteiger partial charge in [-0.3, -0.25) is 0 Å². The third kappa shape index (κ3) is 2.75. The summed E-state index contributed by atoms with van der Waals surface area (Å²) in [7, 11) is 0. The molecule has 1 N–H and O–H groups in total. The molecule has 0 aromatic heterocycles. The third-order valence-corrected chi connectivity index (χ3v) is 2.93. The van der Waals surface area contributed by atoms with Gasteiger partial charge in [0.15, 0.2) is 0 Å². The molecule has 0 fully saturated rings. The first-order valence-electron chi connectivity index (χ1n) is 5.97. The van der Waals surface area contributed by atoms with Crippen molar-refractivity contribution in [3.05, 3.63) is 59.7 Å². The predicted molar refractivity (Wildman–Crippen MR) is 73.0 cm³/mol. The van der Waals surface area contributed by atoms with Crippen LogP contribution in [0.25, 0.3) is 10.8 Å². The summed E-state index contributed by atoms with van der Waals surface area (Å²) in [6, 6.07) is 14.3. The molecule has 0 saturated heterocycles. The highest BCUT2D eigenvalue weighted by Crippen LogP contribution is 2.26. The molecule has 0 amide bonds. The van der Waals surface area contributed by atoms with Crippen LogP contribution >= 0.6 is 0 Å². The summed E-state index contributed by atoms with van der Waals surface area (Å²) in [5, 5.41) is 12.5. The molecule has 88 valence electrons. The van der Waals surface area contributed by atoms with E-state index in [-0.39, 0.29) is 0 Å².